The Kier molecular flexibility index (Phi) is 5.08. The van der Waals surface area contributed by atoms with Gasteiger partial charge in [0.05, 0.1) is 6.61 Å². The van der Waals surface area contributed by atoms with E-state index in [9.17, 15) is 9.59 Å². The number of ether oxygens (including phenoxy) is 1. The molecule has 0 fully saturated rings. The number of hydrogen-bond acceptors (Lipinski definition) is 3. The molecule has 1 amide bonds. The van der Waals surface area contributed by atoms with Gasteiger partial charge in [-0.1, -0.05) is 13.8 Å². The Balaban J connectivity index is 4.08. The fraction of sp³-hybridized carbons (Fsp3) is 0.750. The molecule has 0 bridgehead atoms. The van der Waals surface area contributed by atoms with Crippen LogP contribution in [0.1, 0.15) is 20.8 Å². The van der Waals surface area contributed by atoms with Crippen LogP contribution in [0.5, 0.6) is 0 Å². The van der Waals surface area contributed by atoms with Crippen LogP contribution in [-0.4, -0.2) is 25.0 Å². The van der Waals surface area contributed by atoms with Crippen LogP contribution in [0.3, 0.4) is 0 Å². The SMILES string of the molecule is CCOC(=O)[C@@H](NC=O)C(C)C. The largest absolute Gasteiger partial charge is 0.464 e. The van der Waals surface area contributed by atoms with Gasteiger partial charge >= 0.3 is 5.97 Å². The number of carbonyl (C=O) groups excluding carboxylic acids is 2. The van der Waals surface area contributed by atoms with Crippen molar-refractivity contribution < 1.29 is 14.3 Å². The summed E-state index contributed by atoms with van der Waals surface area (Å²) in [6.07, 6.45) is 0.515. The number of rotatable bonds is 5. The fourth-order valence-corrected chi connectivity index (χ4v) is 0.838. The summed E-state index contributed by atoms with van der Waals surface area (Å²) in [5, 5.41) is 2.41. The van der Waals surface area contributed by atoms with E-state index in [1.54, 1.807) is 6.92 Å². The van der Waals surface area contributed by atoms with Gasteiger partial charge in [-0.15, -0.1) is 0 Å². The van der Waals surface area contributed by atoms with Crippen LogP contribution in [0.2, 0.25) is 0 Å². The lowest BCUT2D eigenvalue weighted by atomic mass is 10.1. The highest BCUT2D eigenvalue weighted by Crippen LogP contribution is 2.02. The number of hydrogen-bond donors (Lipinski definition) is 1. The second-order valence-corrected chi connectivity index (χ2v) is 2.76. The topological polar surface area (TPSA) is 55.4 Å². The average Bonchev–Trinajstić information content (AvgIpc) is 1.99. The van der Waals surface area contributed by atoms with Gasteiger partial charge in [-0.2, -0.15) is 0 Å². The molecule has 1 atom stereocenters. The van der Waals surface area contributed by atoms with Gasteiger partial charge in [-0.3, -0.25) is 4.79 Å². The Morgan fingerprint density at radius 1 is 1.58 bits per heavy atom. The van der Waals surface area contributed by atoms with Gasteiger partial charge in [0.1, 0.15) is 6.04 Å². The molecular weight excluding hydrogens is 158 g/mol. The molecule has 0 heterocycles. The van der Waals surface area contributed by atoms with E-state index in [0.29, 0.717) is 13.0 Å². The summed E-state index contributed by atoms with van der Waals surface area (Å²) in [5.41, 5.74) is 0. The van der Waals surface area contributed by atoms with E-state index in [-0.39, 0.29) is 11.9 Å². The standard InChI is InChI=1S/C8H15NO3/c1-4-12-8(11)7(6(2)3)9-5-10/h5-7H,4H2,1-3H3,(H,9,10)/t7-/m0/s1. The van der Waals surface area contributed by atoms with Crippen molar-refractivity contribution in [2.24, 2.45) is 5.92 Å². The maximum Gasteiger partial charge on any atom is 0.328 e. The zero-order valence-corrected chi connectivity index (χ0v) is 7.66. The van der Waals surface area contributed by atoms with Crippen LogP contribution < -0.4 is 5.32 Å². The van der Waals surface area contributed by atoms with Crippen LogP contribution in [0.25, 0.3) is 0 Å². The van der Waals surface area contributed by atoms with Crippen molar-refractivity contribution in [2.45, 2.75) is 26.8 Å². The van der Waals surface area contributed by atoms with Crippen LogP contribution in [0, 0.1) is 5.92 Å². The van der Waals surface area contributed by atoms with Crippen LogP contribution in [-0.2, 0) is 14.3 Å². The van der Waals surface area contributed by atoms with Gasteiger partial charge in [0.15, 0.2) is 0 Å². The quantitative estimate of drug-likeness (QED) is 0.481. The fourth-order valence-electron chi connectivity index (χ4n) is 0.838. The number of nitrogens with one attached hydrogen (secondary N) is 1. The highest BCUT2D eigenvalue weighted by molar-refractivity contribution is 5.78. The second kappa shape index (κ2) is 5.57. The van der Waals surface area contributed by atoms with Crippen molar-refractivity contribution in [3.05, 3.63) is 0 Å². The summed E-state index contributed by atoms with van der Waals surface area (Å²) in [7, 11) is 0. The molecule has 0 aromatic heterocycles. The van der Waals surface area contributed by atoms with Crippen LogP contribution in [0.15, 0.2) is 0 Å². The molecule has 1 N–H and O–H groups in total. The monoisotopic (exact) mass is 173 g/mol. The smallest absolute Gasteiger partial charge is 0.328 e. The summed E-state index contributed by atoms with van der Waals surface area (Å²) in [4.78, 5) is 21.2. The van der Waals surface area contributed by atoms with Crippen molar-refractivity contribution in [2.75, 3.05) is 6.61 Å². The third kappa shape index (κ3) is 3.37. The zero-order valence-electron chi connectivity index (χ0n) is 7.66. The van der Waals surface area contributed by atoms with Crippen molar-refractivity contribution in [3.63, 3.8) is 0 Å². The third-order valence-corrected chi connectivity index (χ3v) is 1.45. The maximum absolute atomic E-state index is 11.1. The van der Waals surface area contributed by atoms with E-state index >= 15 is 0 Å². The van der Waals surface area contributed by atoms with Gasteiger partial charge < -0.3 is 10.1 Å². The van der Waals surface area contributed by atoms with Gasteiger partial charge in [-0.25, -0.2) is 4.79 Å². The first-order valence-electron chi connectivity index (χ1n) is 3.99. The molecular formula is C8H15NO3. The van der Waals surface area contributed by atoms with Gasteiger partial charge in [-0.05, 0) is 12.8 Å². The molecule has 0 spiro atoms. The number of carbonyl (C=O) groups is 2. The normalized spacial score (nSPS) is 12.3. The van der Waals surface area contributed by atoms with E-state index in [1.807, 2.05) is 13.8 Å². The summed E-state index contributed by atoms with van der Waals surface area (Å²) in [5.74, 6) is -0.325. The lowest BCUT2D eigenvalue weighted by Gasteiger charge is -2.17. The van der Waals surface area contributed by atoms with Gasteiger partial charge in [0.25, 0.3) is 0 Å². The first-order valence-corrected chi connectivity index (χ1v) is 3.99. The molecule has 0 unspecified atom stereocenters. The summed E-state index contributed by atoms with van der Waals surface area (Å²) >= 11 is 0. The van der Waals surface area contributed by atoms with Crippen molar-refractivity contribution in [1.82, 2.24) is 5.32 Å². The minimum Gasteiger partial charge on any atom is -0.464 e. The highest BCUT2D eigenvalue weighted by atomic mass is 16.5. The van der Waals surface area contributed by atoms with Crippen molar-refractivity contribution in [1.29, 1.82) is 0 Å². The molecule has 0 aliphatic heterocycles. The molecule has 0 aliphatic rings. The Morgan fingerprint density at radius 2 is 2.17 bits per heavy atom. The molecule has 0 rings (SSSR count). The van der Waals surface area contributed by atoms with E-state index in [4.69, 9.17) is 4.74 Å². The minimum atomic E-state index is -0.526. The predicted octanol–water partition coefficient (Wildman–Crippen LogP) is 0.320. The zero-order chi connectivity index (χ0) is 9.56. The maximum atomic E-state index is 11.1. The van der Waals surface area contributed by atoms with E-state index in [1.165, 1.54) is 0 Å². The molecule has 70 valence electrons. The average molecular weight is 173 g/mol. The second-order valence-electron chi connectivity index (χ2n) is 2.76. The predicted molar refractivity (Wildman–Crippen MR) is 44.5 cm³/mol. The Hall–Kier alpha value is -1.06. The molecule has 0 radical (unpaired) electrons. The molecule has 0 aromatic carbocycles. The molecule has 4 heteroatoms. The minimum absolute atomic E-state index is 0.0502. The molecule has 0 aliphatic carbocycles. The van der Waals surface area contributed by atoms with Gasteiger partial charge in [0, 0.05) is 0 Å². The lowest BCUT2D eigenvalue weighted by Crippen LogP contribution is -2.41. The number of esters is 1. The van der Waals surface area contributed by atoms with Gasteiger partial charge in [0.2, 0.25) is 6.41 Å². The Morgan fingerprint density at radius 3 is 2.50 bits per heavy atom. The summed E-state index contributed by atoms with van der Waals surface area (Å²) < 4.78 is 4.76. The third-order valence-electron chi connectivity index (χ3n) is 1.45. The lowest BCUT2D eigenvalue weighted by molar-refractivity contribution is -0.147. The van der Waals surface area contributed by atoms with Crippen molar-refractivity contribution in [3.8, 4) is 0 Å². The Labute approximate surface area is 72.3 Å². The van der Waals surface area contributed by atoms with E-state index < -0.39 is 6.04 Å². The molecule has 0 saturated heterocycles. The summed E-state index contributed by atoms with van der Waals surface area (Å²) in [6.45, 7) is 5.76. The molecule has 4 nitrogen and oxygen atoms in total. The van der Waals surface area contributed by atoms with Crippen LogP contribution >= 0.6 is 0 Å². The van der Waals surface area contributed by atoms with Crippen LogP contribution in [0.4, 0.5) is 0 Å². The van der Waals surface area contributed by atoms with E-state index in [2.05, 4.69) is 5.32 Å². The first kappa shape index (κ1) is 10.9. The summed E-state index contributed by atoms with van der Waals surface area (Å²) in [6, 6.07) is -0.526. The Bertz CT molecular complexity index is 156. The molecule has 0 aromatic rings. The van der Waals surface area contributed by atoms with Crippen molar-refractivity contribution >= 4 is 12.4 Å². The molecule has 0 saturated carbocycles. The molecule has 12 heavy (non-hydrogen) atoms. The highest BCUT2D eigenvalue weighted by Gasteiger charge is 2.21. The van der Waals surface area contributed by atoms with E-state index in [0.717, 1.165) is 0 Å². The first-order chi connectivity index (χ1) is 5.63. The number of amides is 1.